The van der Waals surface area contributed by atoms with Gasteiger partial charge in [0.1, 0.15) is 24.2 Å². The molecule has 5 heterocycles. The lowest BCUT2D eigenvalue weighted by Crippen LogP contribution is -2.75. The molecular weight excluding hydrogens is 822 g/mol. The fourth-order valence-electron chi connectivity index (χ4n) is 11.4. The molecule has 2 aromatic rings. The van der Waals surface area contributed by atoms with Crippen LogP contribution >= 0.6 is 23.4 Å². The van der Waals surface area contributed by atoms with Gasteiger partial charge in [-0.2, -0.15) is 5.26 Å². The zero-order valence-electron chi connectivity index (χ0n) is 37.7. The molecule has 0 bridgehead atoms. The van der Waals surface area contributed by atoms with Gasteiger partial charge in [0, 0.05) is 97.7 Å². The van der Waals surface area contributed by atoms with Crippen molar-refractivity contribution in [2.24, 2.45) is 39.5 Å². The van der Waals surface area contributed by atoms with Crippen molar-refractivity contribution in [1.29, 1.82) is 5.26 Å². The number of hydrazine groups is 1. The standard InChI is InChI=1S/C46H66ClN11O3S/c1-10-49-36(59)18-35-39-55-54-27(4)58(39)41-37(25(2)26(3)62-41)38(52-35)29-11-14-32(15-12-29)56(9)22-28-23-57(24-28)44-50-20-31(21-51-44)40(60)53-42-45(5,6)43(46(42,7)8)61-33-16-13-30(19-48)34(47)17-33/h11-17,25-28,31,35,37,39,41-44,50-51,54-55H,10,18,20-24H2,1-9H3,(H,49,59)(H,53,60)/t25?,26?,27?,31?,35-,37?,39?,41?,42?,43?,44?/m0/s1. The number of anilines is 1. The number of benzene rings is 2. The lowest BCUT2D eigenvalue weighted by molar-refractivity contribution is -0.175. The molecule has 2 aromatic carbocycles. The summed E-state index contributed by atoms with van der Waals surface area (Å²) in [7, 11) is 2.17. The number of nitrogens with one attached hydrogen (secondary N) is 6. The van der Waals surface area contributed by atoms with Gasteiger partial charge in [0.2, 0.25) is 11.8 Å². The van der Waals surface area contributed by atoms with Crippen LogP contribution in [0.2, 0.25) is 5.02 Å². The predicted octanol–water partition coefficient (Wildman–Crippen LogP) is 4.16. The van der Waals surface area contributed by atoms with Crippen LogP contribution in [0.3, 0.4) is 0 Å². The molecule has 1 aliphatic carbocycles. The first kappa shape index (κ1) is 45.1. The second-order valence-electron chi connectivity index (χ2n) is 19.7. The lowest BCUT2D eigenvalue weighted by Gasteiger charge is -2.63. The zero-order valence-corrected chi connectivity index (χ0v) is 39.2. The molecule has 1 saturated carbocycles. The van der Waals surface area contributed by atoms with Crippen LogP contribution in [-0.2, 0) is 9.59 Å². The minimum atomic E-state index is -0.316. The normalized spacial score (nSPS) is 34.0. The number of nitrogens with zero attached hydrogens (tertiary/aromatic N) is 5. The van der Waals surface area contributed by atoms with Crippen molar-refractivity contribution in [3.8, 4) is 11.8 Å². The van der Waals surface area contributed by atoms with Crippen molar-refractivity contribution < 1.29 is 14.3 Å². The van der Waals surface area contributed by atoms with Gasteiger partial charge in [-0.25, -0.2) is 10.9 Å². The van der Waals surface area contributed by atoms with Crippen molar-refractivity contribution in [2.45, 2.75) is 109 Å². The van der Waals surface area contributed by atoms with Gasteiger partial charge in [-0.05, 0) is 49.6 Å². The third kappa shape index (κ3) is 8.46. The molecule has 6 unspecified atom stereocenters. The minimum absolute atomic E-state index is 0.0320. The first-order chi connectivity index (χ1) is 29.5. The van der Waals surface area contributed by atoms with Crippen molar-refractivity contribution >= 4 is 46.6 Å². The number of halogens is 1. The van der Waals surface area contributed by atoms with Gasteiger partial charge in [-0.3, -0.25) is 35.0 Å². The molecule has 7 atom stereocenters. The molecule has 14 nitrogen and oxygen atoms in total. The van der Waals surface area contributed by atoms with Crippen LogP contribution in [0.4, 0.5) is 5.69 Å². The van der Waals surface area contributed by atoms with Gasteiger partial charge in [-0.15, -0.1) is 11.8 Å². The molecule has 8 rings (SSSR count). The Bertz CT molecular complexity index is 2030. The Hall–Kier alpha value is -3.46. The maximum absolute atomic E-state index is 13.6. The van der Waals surface area contributed by atoms with E-state index in [0.717, 1.165) is 30.9 Å². The van der Waals surface area contributed by atoms with Gasteiger partial charge in [0.15, 0.2) is 0 Å². The summed E-state index contributed by atoms with van der Waals surface area (Å²) >= 11 is 8.31. The van der Waals surface area contributed by atoms with Crippen molar-refractivity contribution in [2.75, 3.05) is 51.2 Å². The van der Waals surface area contributed by atoms with Crippen LogP contribution in [0, 0.1) is 45.8 Å². The summed E-state index contributed by atoms with van der Waals surface area (Å²) < 4.78 is 6.42. The number of carbonyl (C=O) groups excluding carboxylic acids is 2. The maximum atomic E-state index is 13.6. The number of nitriles is 1. The van der Waals surface area contributed by atoms with Crippen LogP contribution in [0.25, 0.3) is 0 Å². The fraction of sp³-hybridized carbons (Fsp3) is 0.652. The fourth-order valence-corrected chi connectivity index (χ4v) is 13.4. The van der Waals surface area contributed by atoms with Crippen LogP contribution in [0.1, 0.15) is 72.9 Å². The van der Waals surface area contributed by atoms with E-state index in [1.165, 1.54) is 5.69 Å². The summed E-state index contributed by atoms with van der Waals surface area (Å²) in [4.78, 5) is 39.3. The third-order valence-corrected chi connectivity index (χ3v) is 16.6. The van der Waals surface area contributed by atoms with Crippen molar-refractivity contribution in [3.63, 3.8) is 0 Å². The SMILES string of the molecule is CCNC(=O)C[C@@H]1N=C(c2ccc(N(C)CC3CN(C4NCC(C(=O)NC5C(C)(C)C(Oc6ccc(C#N)c(Cl)c6)C5(C)C)CN4)C3)cc2)C2C(C)C(C)SC2N2C(C)NNC12. The molecule has 5 aliphatic heterocycles. The van der Waals surface area contributed by atoms with Crippen LogP contribution in [-0.4, -0.2) is 121 Å². The monoisotopic (exact) mass is 887 g/mol. The molecule has 62 heavy (non-hydrogen) atoms. The second kappa shape index (κ2) is 17.8. The van der Waals surface area contributed by atoms with E-state index in [1.807, 2.05) is 18.7 Å². The maximum Gasteiger partial charge on any atom is 0.225 e. The molecule has 16 heteroatoms. The van der Waals surface area contributed by atoms with E-state index in [-0.39, 0.29) is 76.7 Å². The van der Waals surface area contributed by atoms with E-state index in [4.69, 9.17) is 21.3 Å². The number of likely N-dealkylation sites (tertiary alicyclic amines) is 1. The molecule has 4 saturated heterocycles. The summed E-state index contributed by atoms with van der Waals surface area (Å²) in [6.07, 6.45) is 0.294. The van der Waals surface area contributed by atoms with E-state index in [2.05, 4.69) is 133 Å². The summed E-state index contributed by atoms with van der Waals surface area (Å²) in [6.45, 7) is 22.1. The Balaban J connectivity index is 0.826. The van der Waals surface area contributed by atoms with Crippen LogP contribution in [0.15, 0.2) is 47.5 Å². The molecule has 6 N–H and O–H groups in total. The van der Waals surface area contributed by atoms with E-state index in [1.54, 1.807) is 18.2 Å². The Morgan fingerprint density at radius 3 is 2.39 bits per heavy atom. The van der Waals surface area contributed by atoms with Crippen LogP contribution < -0.4 is 41.8 Å². The second-order valence-corrected chi connectivity index (χ2v) is 21.6. The highest BCUT2D eigenvalue weighted by Crippen LogP contribution is 2.56. The highest BCUT2D eigenvalue weighted by atomic mass is 35.5. The van der Waals surface area contributed by atoms with E-state index >= 15 is 0 Å². The number of carbonyl (C=O) groups is 2. The zero-order chi connectivity index (χ0) is 44.2. The Labute approximate surface area is 377 Å². The van der Waals surface area contributed by atoms with Gasteiger partial charge in [0.05, 0.1) is 46.7 Å². The quantitative estimate of drug-likeness (QED) is 0.181. The van der Waals surface area contributed by atoms with E-state index in [0.29, 0.717) is 59.5 Å². The van der Waals surface area contributed by atoms with Crippen LogP contribution in [0.5, 0.6) is 5.75 Å². The number of hydrogen-bond acceptors (Lipinski definition) is 13. The van der Waals surface area contributed by atoms with E-state index in [9.17, 15) is 14.9 Å². The average molecular weight is 889 g/mol. The molecule has 5 fully saturated rings. The predicted molar refractivity (Wildman–Crippen MR) is 247 cm³/mol. The molecule has 2 amide bonds. The Morgan fingerprint density at radius 1 is 1.05 bits per heavy atom. The molecular formula is C46H66ClN11O3S. The summed E-state index contributed by atoms with van der Waals surface area (Å²) in [5.41, 5.74) is 10.2. The number of fused-ring (bicyclic) bond motifs is 3. The van der Waals surface area contributed by atoms with E-state index < -0.39 is 0 Å². The van der Waals surface area contributed by atoms with Gasteiger partial charge in [-0.1, -0.05) is 65.3 Å². The highest BCUT2D eigenvalue weighted by molar-refractivity contribution is 8.00. The number of hydrogen-bond donors (Lipinski definition) is 6. The molecule has 0 aromatic heterocycles. The lowest BCUT2D eigenvalue weighted by atomic mass is 9.49. The highest BCUT2D eigenvalue weighted by Gasteiger charge is 2.64. The number of ether oxygens (including phenoxy) is 1. The van der Waals surface area contributed by atoms with Crippen molar-refractivity contribution in [1.82, 2.24) is 41.9 Å². The van der Waals surface area contributed by atoms with Gasteiger partial charge in [0.25, 0.3) is 0 Å². The Kier molecular flexibility index (Phi) is 13.0. The number of aliphatic imine (C=N–C) groups is 1. The number of rotatable bonds is 12. The smallest absolute Gasteiger partial charge is 0.225 e. The van der Waals surface area contributed by atoms with Gasteiger partial charge >= 0.3 is 0 Å². The molecule has 0 spiro atoms. The first-order valence-electron chi connectivity index (χ1n) is 22.5. The molecule has 0 radical (unpaired) electrons. The largest absolute Gasteiger partial charge is 0.489 e. The molecule has 6 aliphatic rings. The summed E-state index contributed by atoms with van der Waals surface area (Å²) in [5.74, 6) is 1.72. The first-order valence-corrected chi connectivity index (χ1v) is 23.8. The van der Waals surface area contributed by atoms with Gasteiger partial charge < -0.3 is 20.3 Å². The molecule has 336 valence electrons. The van der Waals surface area contributed by atoms with Crippen molar-refractivity contribution in [3.05, 3.63) is 58.6 Å². The number of thioether (sulfide) groups is 1. The Morgan fingerprint density at radius 2 is 1.74 bits per heavy atom. The number of amides is 2. The summed E-state index contributed by atoms with van der Waals surface area (Å²) in [5, 5.41) is 23.9. The average Bonchev–Trinajstić information content (AvgIpc) is 3.71. The third-order valence-electron chi connectivity index (χ3n) is 14.6. The minimum Gasteiger partial charge on any atom is -0.489 e. The topological polar surface area (TPSA) is 161 Å². The summed E-state index contributed by atoms with van der Waals surface area (Å²) in [6, 6.07) is 15.9.